The summed E-state index contributed by atoms with van der Waals surface area (Å²) in [6, 6.07) is 11.8. The molecular formula is C21H20N4O2. The number of hydrogen-bond acceptors (Lipinski definition) is 5. The molecule has 0 unspecified atom stereocenters. The maximum absolute atomic E-state index is 12.7. The molecule has 0 bridgehead atoms. The van der Waals surface area contributed by atoms with Crippen molar-refractivity contribution in [2.45, 2.75) is 34.2 Å². The number of aryl methyl sites for hydroxylation is 2. The molecule has 0 amide bonds. The van der Waals surface area contributed by atoms with Gasteiger partial charge in [-0.1, -0.05) is 24.3 Å². The lowest BCUT2D eigenvalue weighted by molar-refractivity contribution is 0.409. The van der Waals surface area contributed by atoms with Gasteiger partial charge in [0.15, 0.2) is 5.69 Å². The third-order valence-electron chi connectivity index (χ3n) is 4.79. The van der Waals surface area contributed by atoms with Crippen molar-refractivity contribution in [2.75, 3.05) is 0 Å². The topological polar surface area (TPSA) is 90.7 Å². The van der Waals surface area contributed by atoms with Gasteiger partial charge in [-0.3, -0.25) is 9.36 Å². The number of nitrogens with zero attached hydrogens (tertiary/aromatic N) is 4. The zero-order valence-corrected chi connectivity index (χ0v) is 15.7. The number of hydrogen-bond donors (Lipinski definition) is 1. The summed E-state index contributed by atoms with van der Waals surface area (Å²) in [6.45, 7) is 7.58. The SMILES string of the molecule is CCn1c(O)c(C#N)c(C)c(N=Nc2ccc(C)c3cccc(C)c23)c1=O. The van der Waals surface area contributed by atoms with Crippen LogP contribution in [-0.2, 0) is 6.54 Å². The second-order valence-corrected chi connectivity index (χ2v) is 6.43. The number of aromatic nitrogens is 1. The Balaban J connectivity index is 2.25. The van der Waals surface area contributed by atoms with Crippen LogP contribution in [0.2, 0.25) is 0 Å². The minimum absolute atomic E-state index is 0.0374. The molecule has 0 radical (unpaired) electrons. The van der Waals surface area contributed by atoms with Crippen LogP contribution in [0.15, 0.2) is 45.4 Å². The lowest BCUT2D eigenvalue weighted by Gasteiger charge is -2.11. The Morgan fingerprint density at radius 2 is 1.85 bits per heavy atom. The van der Waals surface area contributed by atoms with Gasteiger partial charge in [-0.15, -0.1) is 10.2 Å². The molecule has 3 aromatic rings. The van der Waals surface area contributed by atoms with Crippen LogP contribution < -0.4 is 5.56 Å². The molecule has 0 aliphatic carbocycles. The number of nitriles is 1. The summed E-state index contributed by atoms with van der Waals surface area (Å²) in [4.78, 5) is 12.7. The van der Waals surface area contributed by atoms with Crippen molar-refractivity contribution in [2.24, 2.45) is 10.2 Å². The van der Waals surface area contributed by atoms with Crippen LogP contribution in [0.4, 0.5) is 11.4 Å². The monoisotopic (exact) mass is 360 g/mol. The van der Waals surface area contributed by atoms with Crippen LogP contribution in [0.25, 0.3) is 10.8 Å². The van der Waals surface area contributed by atoms with Crippen molar-refractivity contribution >= 4 is 22.1 Å². The predicted octanol–water partition coefficient (Wildman–Crippen LogP) is 4.94. The first-order valence-corrected chi connectivity index (χ1v) is 8.67. The summed E-state index contributed by atoms with van der Waals surface area (Å²) in [5, 5.41) is 30.0. The van der Waals surface area contributed by atoms with Gasteiger partial charge in [0.25, 0.3) is 5.56 Å². The molecule has 6 nitrogen and oxygen atoms in total. The molecule has 136 valence electrons. The van der Waals surface area contributed by atoms with Crippen molar-refractivity contribution in [3.8, 4) is 11.9 Å². The summed E-state index contributed by atoms with van der Waals surface area (Å²) in [5.41, 5.74) is 2.81. The van der Waals surface area contributed by atoms with Gasteiger partial charge in [0, 0.05) is 17.5 Å². The van der Waals surface area contributed by atoms with Gasteiger partial charge in [0.2, 0.25) is 5.88 Å². The lowest BCUT2D eigenvalue weighted by atomic mass is 10.00. The van der Waals surface area contributed by atoms with Crippen LogP contribution in [0.3, 0.4) is 0 Å². The van der Waals surface area contributed by atoms with Gasteiger partial charge in [-0.2, -0.15) is 5.26 Å². The summed E-state index contributed by atoms with van der Waals surface area (Å²) in [6.07, 6.45) is 0. The molecule has 1 heterocycles. The Bertz CT molecular complexity index is 1180. The Morgan fingerprint density at radius 3 is 2.52 bits per heavy atom. The fourth-order valence-corrected chi connectivity index (χ4v) is 3.25. The van der Waals surface area contributed by atoms with E-state index < -0.39 is 5.56 Å². The molecule has 0 spiro atoms. The molecule has 0 saturated heterocycles. The molecule has 6 heteroatoms. The van der Waals surface area contributed by atoms with E-state index in [1.807, 2.05) is 50.2 Å². The largest absolute Gasteiger partial charge is 0.493 e. The third kappa shape index (κ3) is 2.97. The highest BCUT2D eigenvalue weighted by atomic mass is 16.3. The van der Waals surface area contributed by atoms with E-state index in [9.17, 15) is 15.2 Å². The zero-order chi connectivity index (χ0) is 19.7. The summed E-state index contributed by atoms with van der Waals surface area (Å²) in [5.74, 6) is -0.335. The van der Waals surface area contributed by atoms with Gasteiger partial charge in [0.05, 0.1) is 5.69 Å². The summed E-state index contributed by atoms with van der Waals surface area (Å²) in [7, 11) is 0. The standard InChI is InChI=1S/C21H20N4O2/c1-5-25-20(26)16(11-22)14(4)19(21(25)27)24-23-17-10-9-12(2)15-8-6-7-13(3)18(15)17/h6-10,26H,5H2,1-4H3. The molecule has 3 rings (SSSR count). The Labute approximate surface area is 157 Å². The maximum Gasteiger partial charge on any atom is 0.281 e. The van der Waals surface area contributed by atoms with E-state index in [0.29, 0.717) is 11.3 Å². The molecule has 27 heavy (non-hydrogen) atoms. The number of pyridine rings is 1. The Hall–Kier alpha value is -3.46. The van der Waals surface area contributed by atoms with Crippen molar-refractivity contribution in [1.29, 1.82) is 5.26 Å². The van der Waals surface area contributed by atoms with Crippen LogP contribution >= 0.6 is 0 Å². The first kappa shape index (κ1) is 18.3. The van der Waals surface area contributed by atoms with E-state index in [-0.39, 0.29) is 23.7 Å². The predicted molar refractivity (Wildman–Crippen MR) is 105 cm³/mol. The number of benzene rings is 2. The first-order chi connectivity index (χ1) is 12.9. The van der Waals surface area contributed by atoms with E-state index >= 15 is 0 Å². The molecule has 0 aliphatic heterocycles. The van der Waals surface area contributed by atoms with E-state index in [1.54, 1.807) is 13.8 Å². The van der Waals surface area contributed by atoms with E-state index in [1.165, 1.54) is 0 Å². The third-order valence-corrected chi connectivity index (χ3v) is 4.79. The van der Waals surface area contributed by atoms with Gasteiger partial charge >= 0.3 is 0 Å². The lowest BCUT2D eigenvalue weighted by Crippen LogP contribution is -2.20. The second kappa shape index (κ2) is 7.04. The van der Waals surface area contributed by atoms with Crippen LogP contribution in [0, 0.1) is 32.1 Å². The smallest absolute Gasteiger partial charge is 0.281 e. The molecule has 0 atom stereocenters. The molecular weight excluding hydrogens is 340 g/mol. The van der Waals surface area contributed by atoms with Crippen molar-refractivity contribution in [1.82, 2.24) is 4.57 Å². The molecule has 2 aromatic carbocycles. The summed E-state index contributed by atoms with van der Waals surface area (Å²) >= 11 is 0. The number of rotatable bonds is 3. The Kier molecular flexibility index (Phi) is 4.78. The number of azo groups is 1. The fourth-order valence-electron chi connectivity index (χ4n) is 3.25. The number of fused-ring (bicyclic) bond motifs is 1. The van der Waals surface area contributed by atoms with Crippen LogP contribution in [0.1, 0.15) is 29.2 Å². The highest BCUT2D eigenvalue weighted by molar-refractivity contribution is 5.97. The molecule has 0 fully saturated rings. The van der Waals surface area contributed by atoms with E-state index in [0.717, 1.165) is 26.5 Å². The van der Waals surface area contributed by atoms with Crippen LogP contribution in [-0.4, -0.2) is 9.67 Å². The van der Waals surface area contributed by atoms with Gasteiger partial charge in [0.1, 0.15) is 11.6 Å². The average molecular weight is 360 g/mol. The molecule has 1 aromatic heterocycles. The van der Waals surface area contributed by atoms with E-state index in [2.05, 4.69) is 10.2 Å². The second-order valence-electron chi connectivity index (χ2n) is 6.43. The Morgan fingerprint density at radius 1 is 1.11 bits per heavy atom. The molecule has 0 aliphatic rings. The first-order valence-electron chi connectivity index (χ1n) is 8.67. The van der Waals surface area contributed by atoms with Gasteiger partial charge < -0.3 is 5.11 Å². The highest BCUT2D eigenvalue weighted by Crippen LogP contribution is 2.33. The highest BCUT2D eigenvalue weighted by Gasteiger charge is 2.18. The minimum Gasteiger partial charge on any atom is -0.493 e. The molecule has 0 saturated carbocycles. The normalized spacial score (nSPS) is 11.2. The number of aromatic hydroxyl groups is 1. The summed E-state index contributed by atoms with van der Waals surface area (Å²) < 4.78 is 1.12. The minimum atomic E-state index is -0.469. The van der Waals surface area contributed by atoms with Crippen LogP contribution in [0.5, 0.6) is 5.88 Å². The van der Waals surface area contributed by atoms with Crippen molar-refractivity contribution in [3.05, 3.63) is 62.9 Å². The van der Waals surface area contributed by atoms with E-state index in [4.69, 9.17) is 0 Å². The van der Waals surface area contributed by atoms with Gasteiger partial charge in [-0.25, -0.2) is 0 Å². The maximum atomic E-state index is 12.7. The van der Waals surface area contributed by atoms with Gasteiger partial charge in [-0.05, 0) is 50.3 Å². The van der Waals surface area contributed by atoms with Crippen molar-refractivity contribution in [3.63, 3.8) is 0 Å². The van der Waals surface area contributed by atoms with Crippen molar-refractivity contribution < 1.29 is 5.11 Å². The fraction of sp³-hybridized carbons (Fsp3) is 0.238. The zero-order valence-electron chi connectivity index (χ0n) is 15.7. The molecule has 1 N–H and O–H groups in total. The quantitative estimate of drug-likeness (QED) is 0.671. The average Bonchev–Trinajstić information content (AvgIpc) is 2.64.